The predicted octanol–water partition coefficient (Wildman–Crippen LogP) is 2.61. The van der Waals surface area contributed by atoms with Gasteiger partial charge in [-0.2, -0.15) is 0 Å². The fourth-order valence-corrected chi connectivity index (χ4v) is 4.93. The number of ether oxygens (including phenoxy) is 2. The number of nitrogens with one attached hydrogen (secondary N) is 3. The Kier molecular flexibility index (Phi) is 5.69. The number of H-pyrrole nitrogens is 1. The summed E-state index contributed by atoms with van der Waals surface area (Å²) in [5, 5.41) is 9.12. The third-order valence-electron chi connectivity index (χ3n) is 6.84. The van der Waals surface area contributed by atoms with Crippen molar-refractivity contribution in [2.24, 2.45) is 4.99 Å². The number of hydrogen-bond donors (Lipinski definition) is 3. The van der Waals surface area contributed by atoms with Crippen LogP contribution in [0.2, 0.25) is 0 Å². The average Bonchev–Trinajstić information content (AvgIpc) is 3.39. The summed E-state index contributed by atoms with van der Waals surface area (Å²) >= 11 is 0. The van der Waals surface area contributed by atoms with Crippen LogP contribution in [-0.4, -0.2) is 51.4 Å². The summed E-state index contributed by atoms with van der Waals surface area (Å²) < 4.78 is 11.8. The van der Waals surface area contributed by atoms with Crippen LogP contribution in [0, 0.1) is 0 Å². The highest BCUT2D eigenvalue weighted by Crippen LogP contribution is 2.25. The Labute approximate surface area is 224 Å². The SMILES string of the molecule is CN1C2=c3c(c[nH]c3=NC1Nc1cccnc1)-c1ccc3ncc(cc3c1)OCCOc1cncc(c1)CN2. The molecule has 6 heterocycles. The standard InChI is InChI=1S/C29H26N8O2/c1-37-28-26-24(17-33-27(26)36-29(37)35-21-3-2-6-30-14-21)19-4-5-25-20(10-19)11-23(16-32-25)39-8-7-38-22-9-18(13-34-28)12-31-15-22/h2-6,9-12,14-17,29,34-35H,7-8,13H2,1H3,(H,33,36). The lowest BCUT2D eigenvalue weighted by atomic mass is 10.0. The smallest absolute Gasteiger partial charge is 0.199 e. The van der Waals surface area contributed by atoms with Crippen LogP contribution in [0.4, 0.5) is 5.69 Å². The number of benzene rings is 1. The number of nitrogens with zero attached hydrogens (tertiary/aromatic N) is 5. The summed E-state index contributed by atoms with van der Waals surface area (Å²) in [4.78, 5) is 23.7. The third kappa shape index (κ3) is 4.46. The fourth-order valence-electron chi connectivity index (χ4n) is 4.93. The van der Waals surface area contributed by atoms with E-state index in [2.05, 4.69) is 47.6 Å². The number of anilines is 1. The number of aromatic nitrogens is 4. The lowest BCUT2D eigenvalue weighted by Gasteiger charge is -2.32. The maximum Gasteiger partial charge on any atom is 0.199 e. The molecule has 0 saturated heterocycles. The molecule has 1 atom stereocenters. The summed E-state index contributed by atoms with van der Waals surface area (Å²) in [6, 6.07) is 14.1. The zero-order chi connectivity index (χ0) is 26.2. The quantitative estimate of drug-likeness (QED) is 0.327. The molecule has 5 aromatic rings. The fraction of sp³-hybridized carbons (Fsp3) is 0.172. The maximum atomic E-state index is 5.93. The molecular formula is C29H26N8O2. The third-order valence-corrected chi connectivity index (χ3v) is 6.84. The van der Waals surface area contributed by atoms with Gasteiger partial charge in [0, 0.05) is 43.1 Å². The van der Waals surface area contributed by atoms with Crippen LogP contribution in [0.25, 0.3) is 27.9 Å². The van der Waals surface area contributed by atoms with Gasteiger partial charge in [-0.3, -0.25) is 15.0 Å². The molecule has 5 bridgehead atoms. The number of pyridine rings is 3. The molecule has 0 radical (unpaired) electrons. The molecule has 39 heavy (non-hydrogen) atoms. The molecule has 0 amide bonds. The number of hydrogen-bond acceptors (Lipinski definition) is 9. The van der Waals surface area contributed by atoms with E-state index >= 15 is 0 Å². The minimum atomic E-state index is -0.349. The molecule has 0 spiro atoms. The van der Waals surface area contributed by atoms with Gasteiger partial charge in [0.15, 0.2) is 6.29 Å². The minimum absolute atomic E-state index is 0.349. The predicted molar refractivity (Wildman–Crippen MR) is 147 cm³/mol. The van der Waals surface area contributed by atoms with E-state index in [0.29, 0.717) is 31.3 Å². The van der Waals surface area contributed by atoms with Crippen molar-refractivity contribution in [2.75, 3.05) is 25.6 Å². The monoisotopic (exact) mass is 518 g/mol. The molecule has 194 valence electrons. The Bertz CT molecular complexity index is 1790. The van der Waals surface area contributed by atoms with Gasteiger partial charge in [-0.15, -0.1) is 0 Å². The first-order valence-corrected chi connectivity index (χ1v) is 12.7. The van der Waals surface area contributed by atoms with Crippen LogP contribution in [0.1, 0.15) is 5.56 Å². The van der Waals surface area contributed by atoms with Crippen molar-refractivity contribution in [3.8, 4) is 22.6 Å². The van der Waals surface area contributed by atoms with Gasteiger partial charge < -0.3 is 30.0 Å². The molecule has 1 aromatic carbocycles. The van der Waals surface area contributed by atoms with Crippen LogP contribution in [0.15, 0.2) is 84.6 Å². The van der Waals surface area contributed by atoms with Gasteiger partial charge in [0.25, 0.3) is 0 Å². The minimum Gasteiger partial charge on any atom is -0.488 e. The maximum absolute atomic E-state index is 5.93. The summed E-state index contributed by atoms with van der Waals surface area (Å²) in [6.07, 6.45) is 10.5. The zero-order valence-electron chi connectivity index (χ0n) is 21.3. The molecule has 2 aliphatic rings. The second kappa shape index (κ2) is 9.64. The van der Waals surface area contributed by atoms with Gasteiger partial charge in [-0.1, -0.05) is 6.07 Å². The van der Waals surface area contributed by atoms with Crippen molar-refractivity contribution >= 4 is 22.4 Å². The molecule has 10 nitrogen and oxygen atoms in total. The summed E-state index contributed by atoms with van der Waals surface area (Å²) in [6.45, 7) is 1.35. The van der Waals surface area contributed by atoms with Gasteiger partial charge >= 0.3 is 0 Å². The van der Waals surface area contributed by atoms with Crippen LogP contribution in [0.5, 0.6) is 11.5 Å². The van der Waals surface area contributed by atoms with E-state index in [1.807, 2.05) is 49.8 Å². The Morgan fingerprint density at radius 2 is 1.87 bits per heavy atom. The lowest BCUT2D eigenvalue weighted by molar-refractivity contribution is 0.216. The largest absolute Gasteiger partial charge is 0.488 e. The molecule has 0 fully saturated rings. The Morgan fingerprint density at radius 1 is 0.974 bits per heavy atom. The second-order valence-corrected chi connectivity index (χ2v) is 9.43. The van der Waals surface area contributed by atoms with Gasteiger partial charge in [0.1, 0.15) is 36.0 Å². The van der Waals surface area contributed by atoms with Crippen LogP contribution in [-0.2, 0) is 6.54 Å². The first kappa shape index (κ1) is 23.0. The van der Waals surface area contributed by atoms with Crippen molar-refractivity contribution in [3.63, 3.8) is 0 Å². The zero-order valence-corrected chi connectivity index (χ0v) is 21.3. The van der Waals surface area contributed by atoms with Crippen LogP contribution >= 0.6 is 0 Å². The van der Waals surface area contributed by atoms with Crippen LogP contribution < -0.4 is 30.8 Å². The summed E-state index contributed by atoms with van der Waals surface area (Å²) in [5.74, 6) is 2.32. The molecule has 10 heteroatoms. The molecule has 7 rings (SSSR count). The summed E-state index contributed by atoms with van der Waals surface area (Å²) in [5.41, 5.74) is 5.65. The molecule has 0 aliphatic carbocycles. The normalized spacial score (nSPS) is 16.5. The van der Waals surface area contributed by atoms with Crippen molar-refractivity contribution < 1.29 is 9.47 Å². The average molecular weight is 519 g/mol. The van der Waals surface area contributed by atoms with Crippen molar-refractivity contribution in [3.05, 3.63) is 95.9 Å². The Morgan fingerprint density at radius 3 is 2.74 bits per heavy atom. The van der Waals surface area contributed by atoms with Crippen molar-refractivity contribution in [2.45, 2.75) is 12.8 Å². The molecule has 3 N–H and O–H groups in total. The van der Waals surface area contributed by atoms with Crippen molar-refractivity contribution in [1.29, 1.82) is 0 Å². The molecule has 2 aliphatic heterocycles. The molecular weight excluding hydrogens is 492 g/mol. The van der Waals surface area contributed by atoms with Gasteiger partial charge in [0.05, 0.1) is 35.0 Å². The highest BCUT2D eigenvalue weighted by atomic mass is 16.5. The van der Waals surface area contributed by atoms with Crippen molar-refractivity contribution in [1.82, 2.24) is 30.2 Å². The van der Waals surface area contributed by atoms with E-state index in [9.17, 15) is 0 Å². The van der Waals surface area contributed by atoms with E-state index in [4.69, 9.17) is 14.5 Å². The highest BCUT2D eigenvalue weighted by molar-refractivity contribution is 5.85. The Hall–Kier alpha value is -5.12. The number of aromatic amines is 1. The van der Waals surface area contributed by atoms with E-state index in [1.165, 1.54) is 0 Å². The first-order valence-electron chi connectivity index (χ1n) is 12.7. The highest BCUT2D eigenvalue weighted by Gasteiger charge is 2.24. The summed E-state index contributed by atoms with van der Waals surface area (Å²) in [7, 11) is 2.02. The molecule has 4 aromatic heterocycles. The molecule has 1 unspecified atom stereocenters. The van der Waals surface area contributed by atoms with E-state index in [-0.39, 0.29) is 6.29 Å². The first-order chi connectivity index (χ1) is 19.2. The van der Waals surface area contributed by atoms with E-state index in [1.54, 1.807) is 24.8 Å². The van der Waals surface area contributed by atoms with E-state index in [0.717, 1.165) is 49.8 Å². The van der Waals surface area contributed by atoms with Gasteiger partial charge in [-0.05, 0) is 47.5 Å². The Balaban J connectivity index is 1.39. The van der Waals surface area contributed by atoms with Gasteiger partial charge in [-0.25, -0.2) is 4.99 Å². The van der Waals surface area contributed by atoms with E-state index < -0.39 is 0 Å². The lowest BCUT2D eigenvalue weighted by Crippen LogP contribution is -2.50. The van der Waals surface area contributed by atoms with Crippen LogP contribution in [0.3, 0.4) is 0 Å². The van der Waals surface area contributed by atoms with Gasteiger partial charge in [0.2, 0.25) is 0 Å². The second-order valence-electron chi connectivity index (χ2n) is 9.43. The molecule has 0 saturated carbocycles. The number of fused-ring (bicyclic) bond motifs is 5. The number of rotatable bonds is 2. The topological polar surface area (TPSA) is 113 Å².